The van der Waals surface area contributed by atoms with Crippen LogP contribution in [0.3, 0.4) is 0 Å². The van der Waals surface area contributed by atoms with Crippen LogP contribution < -0.4 is 19.5 Å². The maximum absolute atomic E-state index is 9.82. The number of aromatic nitrogens is 3. The fraction of sp³-hybridized carbons (Fsp3) is 0.311. The van der Waals surface area contributed by atoms with Crippen LogP contribution >= 0.6 is 11.6 Å². The summed E-state index contributed by atoms with van der Waals surface area (Å²) < 4.78 is 20.9. The molecule has 1 saturated heterocycles. The standard InChI is InChI=1S/C45H47ClN6O4/c1-30-34(9-6-11-37(30)38-12-7-14-43(31(38)2)54-18-8-16-52-17-15-36(53)27-52)29-56-45-21-44(55-28-33-19-32(22-47)23-48-24-33)35(20-40(45)46)25-49-26-41-39-10-4-5-13-42(39)51(3)50-41/h4-7,9-14,19-21,23-24,36,49,53H,8,15-18,25-29H2,1-3H3/t36-/m1/s1. The molecule has 10 nitrogen and oxygen atoms in total. The van der Waals surface area contributed by atoms with Crippen molar-refractivity contribution < 1.29 is 19.3 Å². The molecule has 2 aromatic heterocycles. The van der Waals surface area contributed by atoms with Crippen molar-refractivity contribution in [3.05, 3.63) is 135 Å². The van der Waals surface area contributed by atoms with Crippen LogP contribution in [0.25, 0.3) is 22.0 Å². The molecule has 288 valence electrons. The van der Waals surface area contributed by atoms with Crippen molar-refractivity contribution in [2.75, 3.05) is 26.2 Å². The van der Waals surface area contributed by atoms with Gasteiger partial charge in [0.2, 0.25) is 0 Å². The van der Waals surface area contributed by atoms with Gasteiger partial charge in [0.05, 0.1) is 34.5 Å². The number of ether oxygens (including phenoxy) is 3. The highest BCUT2D eigenvalue weighted by molar-refractivity contribution is 6.32. The first-order valence-corrected chi connectivity index (χ1v) is 19.4. The third-order valence-corrected chi connectivity index (χ3v) is 10.7. The second-order valence-electron chi connectivity index (χ2n) is 14.3. The molecule has 0 spiro atoms. The summed E-state index contributed by atoms with van der Waals surface area (Å²) in [6.07, 6.45) is 4.78. The van der Waals surface area contributed by atoms with E-state index >= 15 is 0 Å². The first-order valence-electron chi connectivity index (χ1n) is 19.0. The van der Waals surface area contributed by atoms with Gasteiger partial charge in [-0.3, -0.25) is 9.67 Å². The molecule has 1 fully saturated rings. The predicted molar refractivity (Wildman–Crippen MR) is 219 cm³/mol. The summed E-state index contributed by atoms with van der Waals surface area (Å²) in [5.74, 6) is 1.99. The molecular formula is C45H47ClN6O4. The maximum atomic E-state index is 9.82. The lowest BCUT2D eigenvalue weighted by atomic mass is 9.93. The lowest BCUT2D eigenvalue weighted by molar-refractivity contribution is 0.173. The van der Waals surface area contributed by atoms with Crippen LogP contribution in [-0.4, -0.2) is 57.1 Å². The van der Waals surface area contributed by atoms with Crippen LogP contribution in [0, 0.1) is 25.2 Å². The van der Waals surface area contributed by atoms with Gasteiger partial charge in [-0.15, -0.1) is 0 Å². The van der Waals surface area contributed by atoms with Gasteiger partial charge in [-0.1, -0.05) is 60.1 Å². The van der Waals surface area contributed by atoms with Crippen LogP contribution in [-0.2, 0) is 33.4 Å². The van der Waals surface area contributed by atoms with Crippen LogP contribution in [0.4, 0.5) is 0 Å². The van der Waals surface area contributed by atoms with E-state index < -0.39 is 0 Å². The van der Waals surface area contributed by atoms with Gasteiger partial charge in [-0.25, -0.2) is 0 Å². The first-order chi connectivity index (χ1) is 27.3. The normalized spacial score (nSPS) is 14.2. The number of rotatable bonds is 16. The minimum atomic E-state index is -0.204. The molecule has 11 heteroatoms. The van der Waals surface area contributed by atoms with Crippen molar-refractivity contribution in [3.8, 4) is 34.4 Å². The van der Waals surface area contributed by atoms with Crippen LogP contribution in [0.5, 0.6) is 17.2 Å². The maximum Gasteiger partial charge on any atom is 0.142 e. The van der Waals surface area contributed by atoms with Crippen molar-refractivity contribution >= 4 is 22.5 Å². The number of aryl methyl sites for hydroxylation is 1. The Balaban J connectivity index is 1.06. The number of hydrogen-bond donors (Lipinski definition) is 2. The van der Waals surface area contributed by atoms with E-state index in [0.717, 1.165) is 93.8 Å². The summed E-state index contributed by atoms with van der Waals surface area (Å²) in [6, 6.07) is 28.3. The zero-order valence-corrected chi connectivity index (χ0v) is 32.9. The molecule has 1 aliphatic heterocycles. The number of aliphatic hydroxyl groups is 1. The van der Waals surface area contributed by atoms with Crippen molar-refractivity contribution in [2.45, 2.75) is 59.1 Å². The van der Waals surface area contributed by atoms with E-state index in [1.807, 2.05) is 48.1 Å². The van der Waals surface area contributed by atoms with E-state index in [4.69, 9.17) is 30.9 Å². The third-order valence-electron chi connectivity index (χ3n) is 10.4. The Hall–Kier alpha value is -5.44. The topological polar surface area (TPSA) is 118 Å². The Labute approximate surface area is 333 Å². The van der Waals surface area contributed by atoms with Gasteiger partial charge >= 0.3 is 0 Å². The van der Waals surface area contributed by atoms with Gasteiger partial charge in [0, 0.05) is 74.7 Å². The molecular weight excluding hydrogens is 724 g/mol. The fourth-order valence-corrected chi connectivity index (χ4v) is 7.56. The molecule has 56 heavy (non-hydrogen) atoms. The molecule has 0 amide bonds. The van der Waals surface area contributed by atoms with Gasteiger partial charge in [0.1, 0.15) is 36.5 Å². The van der Waals surface area contributed by atoms with E-state index in [2.05, 4.69) is 71.5 Å². The molecule has 4 aromatic carbocycles. The van der Waals surface area contributed by atoms with E-state index in [1.165, 1.54) is 6.20 Å². The van der Waals surface area contributed by atoms with Crippen molar-refractivity contribution in [1.29, 1.82) is 5.26 Å². The third kappa shape index (κ3) is 9.15. The number of nitrogens with zero attached hydrogens (tertiary/aromatic N) is 5. The molecule has 0 aliphatic carbocycles. The Morgan fingerprint density at radius 3 is 2.50 bits per heavy atom. The second-order valence-corrected chi connectivity index (χ2v) is 14.7. The van der Waals surface area contributed by atoms with Crippen molar-refractivity contribution in [2.24, 2.45) is 7.05 Å². The highest BCUT2D eigenvalue weighted by atomic mass is 35.5. The van der Waals surface area contributed by atoms with E-state index in [0.29, 0.717) is 48.4 Å². The molecule has 0 radical (unpaired) electrons. The van der Waals surface area contributed by atoms with Crippen LogP contribution in [0.1, 0.15) is 51.9 Å². The summed E-state index contributed by atoms with van der Waals surface area (Å²) in [5.41, 5.74) is 9.61. The zero-order chi connectivity index (χ0) is 39.0. The number of pyridine rings is 1. The highest BCUT2D eigenvalue weighted by Crippen LogP contribution is 2.36. The average Bonchev–Trinajstić information content (AvgIpc) is 3.78. The van der Waals surface area contributed by atoms with Gasteiger partial charge in [-0.2, -0.15) is 10.4 Å². The molecule has 6 aromatic rings. The summed E-state index contributed by atoms with van der Waals surface area (Å²) in [5, 5.41) is 29.0. The fourth-order valence-electron chi connectivity index (χ4n) is 7.32. The van der Waals surface area contributed by atoms with Crippen LogP contribution in [0.2, 0.25) is 5.02 Å². The number of fused-ring (bicyclic) bond motifs is 1. The summed E-state index contributed by atoms with van der Waals surface area (Å²) in [7, 11) is 1.95. The van der Waals surface area contributed by atoms with Gasteiger partial charge in [-0.05, 0) is 78.8 Å². The smallest absolute Gasteiger partial charge is 0.142 e. The largest absolute Gasteiger partial charge is 0.493 e. The lowest BCUT2D eigenvalue weighted by Gasteiger charge is -2.19. The quantitative estimate of drug-likeness (QED) is 0.0943. The molecule has 0 unspecified atom stereocenters. The molecule has 1 aliphatic rings. The number of aliphatic hydroxyl groups excluding tert-OH is 1. The predicted octanol–water partition coefficient (Wildman–Crippen LogP) is 8.06. The first kappa shape index (κ1) is 38.8. The lowest BCUT2D eigenvalue weighted by Crippen LogP contribution is -2.24. The number of nitriles is 1. The van der Waals surface area contributed by atoms with E-state index in [-0.39, 0.29) is 12.7 Å². The van der Waals surface area contributed by atoms with Crippen LogP contribution in [0.15, 0.2) is 91.3 Å². The molecule has 2 N–H and O–H groups in total. The number of halogens is 1. The van der Waals surface area contributed by atoms with Crippen molar-refractivity contribution in [3.63, 3.8) is 0 Å². The monoisotopic (exact) mass is 770 g/mol. The van der Waals surface area contributed by atoms with Crippen molar-refractivity contribution in [1.82, 2.24) is 25.0 Å². The molecule has 3 heterocycles. The number of para-hydroxylation sites is 1. The van der Waals surface area contributed by atoms with Gasteiger partial charge in [0.15, 0.2) is 0 Å². The summed E-state index contributed by atoms with van der Waals surface area (Å²) >= 11 is 6.90. The van der Waals surface area contributed by atoms with E-state index in [9.17, 15) is 10.4 Å². The Kier molecular flexibility index (Phi) is 12.5. The molecule has 1 atom stereocenters. The summed E-state index contributed by atoms with van der Waals surface area (Å²) in [6.45, 7) is 9.01. The molecule has 7 rings (SSSR count). The number of likely N-dealkylation sites (tertiary alicyclic amines) is 1. The van der Waals surface area contributed by atoms with E-state index in [1.54, 1.807) is 12.3 Å². The number of hydrogen-bond acceptors (Lipinski definition) is 9. The SMILES string of the molecule is Cc1c(COc2cc(OCc3cncc(C#N)c3)c(CNCc3nn(C)c4ccccc34)cc2Cl)cccc1-c1cccc(OCCCN2CC[C@@H](O)C2)c1C. The number of nitrogens with one attached hydrogen (secondary N) is 1. The minimum absolute atomic E-state index is 0.204. The Morgan fingerprint density at radius 2 is 1.68 bits per heavy atom. The Morgan fingerprint density at radius 1 is 0.875 bits per heavy atom. The summed E-state index contributed by atoms with van der Waals surface area (Å²) in [4.78, 5) is 6.48. The number of benzene rings is 4. The average molecular weight is 771 g/mol. The molecule has 0 saturated carbocycles. The van der Waals surface area contributed by atoms with Gasteiger partial charge in [0.25, 0.3) is 0 Å². The van der Waals surface area contributed by atoms with Gasteiger partial charge < -0.3 is 29.5 Å². The second kappa shape index (κ2) is 18.0. The number of β-amino-alcohol motifs (C(OH)–C–C–N with tert-alkyl or cyclic N) is 1. The molecule has 0 bridgehead atoms. The Bertz CT molecular complexity index is 2350. The highest BCUT2D eigenvalue weighted by Gasteiger charge is 2.20. The zero-order valence-electron chi connectivity index (χ0n) is 32.1. The minimum Gasteiger partial charge on any atom is -0.493 e.